The number of rotatable bonds is 1. The predicted molar refractivity (Wildman–Crippen MR) is 45.8 cm³/mol. The van der Waals surface area contributed by atoms with E-state index in [2.05, 4.69) is 37.3 Å². The zero-order chi connectivity index (χ0) is 7.40. The van der Waals surface area contributed by atoms with Gasteiger partial charge < -0.3 is 0 Å². The van der Waals surface area contributed by atoms with Crippen LogP contribution in [0.2, 0.25) is 0 Å². The molecule has 0 unspecified atom stereocenters. The minimum absolute atomic E-state index is 1.16. The molecule has 0 saturated heterocycles. The van der Waals surface area contributed by atoms with E-state index in [1.807, 2.05) is 6.07 Å². The molecule has 46 valence electrons. The van der Waals surface area contributed by atoms with Crippen molar-refractivity contribution < 1.29 is 0 Å². The van der Waals surface area contributed by atoms with Gasteiger partial charge in [-0.3, -0.25) is 0 Å². The molecule has 0 spiro atoms. The van der Waals surface area contributed by atoms with E-state index in [4.69, 9.17) is 0 Å². The van der Waals surface area contributed by atoms with Gasteiger partial charge in [0.15, 0.2) is 0 Å². The molecule has 0 nitrogen and oxygen atoms in total. The van der Waals surface area contributed by atoms with Crippen molar-refractivity contribution in [3.05, 3.63) is 38.7 Å². The number of hydrogen-bond donors (Lipinski definition) is 0. The number of benzene rings is 1. The summed E-state index contributed by atoms with van der Waals surface area (Å²) >= 11 is 1.16. The summed E-state index contributed by atoms with van der Waals surface area (Å²) < 4.78 is 1.48. The molecule has 1 rings (SSSR count). The van der Waals surface area contributed by atoms with E-state index in [0.29, 0.717) is 0 Å². The van der Waals surface area contributed by atoms with Crippen LogP contribution in [0.3, 0.4) is 0 Å². The van der Waals surface area contributed by atoms with Gasteiger partial charge in [-0.25, -0.2) is 0 Å². The number of hydrogen-bond acceptors (Lipinski definition) is 0. The third-order valence-corrected chi connectivity index (χ3v) is 1.54. The van der Waals surface area contributed by atoms with E-state index in [-0.39, 0.29) is 0 Å². The molecule has 0 aromatic heterocycles. The van der Waals surface area contributed by atoms with E-state index in [0.717, 1.165) is 27.9 Å². The summed E-state index contributed by atoms with van der Waals surface area (Å²) in [6, 6.07) is 10.4. The Hall–Kier alpha value is -0.0400. The molecule has 0 aliphatic carbocycles. The Balaban J connectivity index is 2.87. The molecule has 0 radical (unpaired) electrons. The quantitative estimate of drug-likeness (QED) is 0.524. The molecule has 0 aliphatic heterocycles. The number of allylic oxidation sites excluding steroid dienone is 1. The van der Waals surface area contributed by atoms with Crippen molar-refractivity contribution in [1.29, 1.82) is 0 Å². The second-order valence-electron chi connectivity index (χ2n) is 2.63. The van der Waals surface area contributed by atoms with Gasteiger partial charge in [0, 0.05) is 0 Å². The van der Waals surface area contributed by atoms with Crippen LogP contribution in [0, 0.1) is 0 Å². The zero-order valence-corrected chi connectivity index (χ0v) is 8.46. The summed E-state index contributed by atoms with van der Waals surface area (Å²) in [5.41, 5.74) is 1.31. The molecule has 0 atom stereocenters. The molecule has 1 heteroatoms. The monoisotopic (exact) mass is 140 g/mol. The molecule has 0 amide bonds. The first-order valence-electron chi connectivity index (χ1n) is 3.49. The van der Waals surface area contributed by atoms with Gasteiger partial charge in [-0.1, -0.05) is 0 Å². The predicted octanol–water partition coefficient (Wildman–Crippen LogP) is 2.22. The fraction of sp³-hybridized carbons (Fsp3) is 0.111. The molecular weight excluding hydrogens is 131 g/mol. The van der Waals surface area contributed by atoms with E-state index < -0.39 is 0 Å². The van der Waals surface area contributed by atoms with Crippen molar-refractivity contribution in [2.24, 2.45) is 0 Å². The SMILES string of the molecule is C/[C]([Na])=C\c1ccccc1. The van der Waals surface area contributed by atoms with Gasteiger partial charge in [0.25, 0.3) is 0 Å². The van der Waals surface area contributed by atoms with E-state index in [1.165, 1.54) is 8.39 Å². The minimum atomic E-state index is 1.16. The van der Waals surface area contributed by atoms with Crippen LogP contribution in [0.5, 0.6) is 0 Å². The second-order valence-corrected chi connectivity index (χ2v) is 4.21. The maximum absolute atomic E-state index is 2.23. The Kier molecular flexibility index (Phi) is 3.20. The van der Waals surface area contributed by atoms with Crippen LogP contribution >= 0.6 is 0 Å². The molecule has 0 fully saturated rings. The van der Waals surface area contributed by atoms with E-state index in [9.17, 15) is 0 Å². The standard InChI is InChI=1S/C9H9.Na/c1-2-6-9-7-4-3-5-8-9;/h3-8H,1H3;. The Labute approximate surface area is 79.4 Å². The van der Waals surface area contributed by atoms with Crippen LogP contribution in [0.4, 0.5) is 0 Å². The van der Waals surface area contributed by atoms with Gasteiger partial charge in [-0.2, -0.15) is 0 Å². The van der Waals surface area contributed by atoms with Gasteiger partial charge in [0.05, 0.1) is 0 Å². The van der Waals surface area contributed by atoms with E-state index >= 15 is 0 Å². The second kappa shape index (κ2) is 3.97. The average molecular weight is 140 g/mol. The average Bonchev–Trinajstić information content (AvgIpc) is 1.88. The molecule has 0 bridgehead atoms. The van der Waals surface area contributed by atoms with Crippen molar-refractivity contribution in [2.45, 2.75) is 6.92 Å². The topological polar surface area (TPSA) is 0 Å². The molecule has 1 aromatic rings. The summed E-state index contributed by atoms with van der Waals surface area (Å²) in [4.78, 5) is 0. The van der Waals surface area contributed by atoms with E-state index in [1.54, 1.807) is 0 Å². The Morgan fingerprint density at radius 3 is 2.40 bits per heavy atom. The molecular formula is C9H9Na. The van der Waals surface area contributed by atoms with Crippen molar-refractivity contribution in [3.8, 4) is 0 Å². The summed E-state index contributed by atoms with van der Waals surface area (Å²) in [5.74, 6) is 0. The molecule has 0 heterocycles. The van der Waals surface area contributed by atoms with Crippen LogP contribution in [-0.4, -0.2) is 27.9 Å². The van der Waals surface area contributed by atoms with Crippen LogP contribution < -0.4 is 0 Å². The normalized spacial score (nSPS) is 11.7. The van der Waals surface area contributed by atoms with Crippen molar-refractivity contribution in [1.82, 2.24) is 0 Å². The summed E-state index contributed by atoms with van der Waals surface area (Å²) in [7, 11) is 0. The van der Waals surface area contributed by atoms with Crippen molar-refractivity contribution in [3.63, 3.8) is 0 Å². The fourth-order valence-electron chi connectivity index (χ4n) is 0.883. The third-order valence-electron chi connectivity index (χ3n) is 1.25. The van der Waals surface area contributed by atoms with Crippen LogP contribution in [0.15, 0.2) is 33.2 Å². The van der Waals surface area contributed by atoms with Crippen LogP contribution in [0.25, 0.3) is 6.08 Å². The molecule has 0 N–H and O–H groups in total. The first kappa shape index (κ1) is 8.06. The first-order chi connectivity index (χ1) is 4.79. The van der Waals surface area contributed by atoms with Crippen molar-refractivity contribution in [2.75, 3.05) is 0 Å². The molecule has 0 saturated carbocycles. The van der Waals surface area contributed by atoms with Gasteiger partial charge in [0.1, 0.15) is 0 Å². The van der Waals surface area contributed by atoms with Crippen molar-refractivity contribution >= 4 is 34.0 Å². The molecule has 0 aliphatic rings. The van der Waals surface area contributed by atoms with Gasteiger partial charge in [-0.15, -0.1) is 0 Å². The molecule has 1 aromatic carbocycles. The first-order valence-corrected chi connectivity index (χ1v) is 4.49. The maximum atomic E-state index is 2.23. The summed E-state index contributed by atoms with van der Waals surface area (Å²) in [6.45, 7) is 2.17. The Morgan fingerprint density at radius 2 is 1.90 bits per heavy atom. The summed E-state index contributed by atoms with van der Waals surface area (Å²) in [5, 5.41) is 0. The van der Waals surface area contributed by atoms with Gasteiger partial charge in [0.2, 0.25) is 0 Å². The van der Waals surface area contributed by atoms with Crippen LogP contribution in [-0.2, 0) is 0 Å². The third kappa shape index (κ3) is 2.70. The van der Waals surface area contributed by atoms with Crippen LogP contribution in [0.1, 0.15) is 12.5 Å². The fourth-order valence-corrected chi connectivity index (χ4v) is 1.22. The zero-order valence-electron chi connectivity index (χ0n) is 6.46. The van der Waals surface area contributed by atoms with Gasteiger partial charge >= 0.3 is 79.6 Å². The molecule has 10 heavy (non-hydrogen) atoms. The Bertz CT molecular complexity index is 220. The van der Waals surface area contributed by atoms with Gasteiger partial charge in [-0.05, 0) is 0 Å². The Morgan fingerprint density at radius 1 is 1.30 bits per heavy atom. The summed E-state index contributed by atoms with van der Waals surface area (Å²) in [6.07, 6.45) is 2.23.